The zero-order chi connectivity index (χ0) is 29.4. The maximum atomic E-state index is 13.9. The Morgan fingerprint density at radius 3 is 2.56 bits per heavy atom. The molecule has 1 saturated heterocycles. The number of carbonyl (C=O) groups excluding carboxylic acids is 1. The van der Waals surface area contributed by atoms with Crippen LogP contribution in [0.2, 0.25) is 5.02 Å². The fourth-order valence-electron chi connectivity index (χ4n) is 5.59. The van der Waals surface area contributed by atoms with E-state index < -0.39 is 11.8 Å². The van der Waals surface area contributed by atoms with Crippen molar-refractivity contribution in [3.8, 4) is 11.3 Å². The van der Waals surface area contributed by atoms with Crippen molar-refractivity contribution in [2.24, 2.45) is 5.92 Å². The van der Waals surface area contributed by atoms with E-state index in [0.717, 1.165) is 16.8 Å². The molecule has 0 saturated carbocycles. The first-order chi connectivity index (χ1) is 19.6. The molecule has 2 atom stereocenters. The van der Waals surface area contributed by atoms with E-state index >= 15 is 0 Å². The maximum absolute atomic E-state index is 13.9. The Kier molecular flexibility index (Phi) is 7.97. The Labute approximate surface area is 242 Å². The van der Waals surface area contributed by atoms with Crippen LogP contribution in [0.3, 0.4) is 0 Å². The summed E-state index contributed by atoms with van der Waals surface area (Å²) in [7, 11) is 3.45. The molecule has 0 spiro atoms. The number of para-hydroxylation sites is 1. The van der Waals surface area contributed by atoms with Crippen molar-refractivity contribution < 1.29 is 23.8 Å². The molecule has 0 radical (unpaired) electrons. The number of ether oxygens (including phenoxy) is 1. The predicted molar refractivity (Wildman–Crippen MR) is 154 cm³/mol. The number of halogens is 2. The van der Waals surface area contributed by atoms with Crippen molar-refractivity contribution in [3.05, 3.63) is 76.2 Å². The third kappa shape index (κ3) is 5.62. The van der Waals surface area contributed by atoms with Gasteiger partial charge in [0, 0.05) is 50.6 Å². The molecular weight excluding hydrogens is 549 g/mol. The molecule has 1 N–H and O–H groups in total. The van der Waals surface area contributed by atoms with E-state index in [0.29, 0.717) is 35.7 Å². The number of hydrogen-bond donors (Lipinski definition) is 1. The molecule has 5 rings (SSSR count). The first-order valence-electron chi connectivity index (χ1n) is 13.3. The van der Waals surface area contributed by atoms with Crippen LogP contribution in [-0.4, -0.2) is 69.8 Å². The molecule has 1 aliphatic heterocycles. The van der Waals surface area contributed by atoms with Gasteiger partial charge in [-0.1, -0.05) is 29.8 Å². The topological polar surface area (TPSA) is 100 Å². The lowest BCUT2D eigenvalue weighted by Gasteiger charge is -2.36. The van der Waals surface area contributed by atoms with Crippen LogP contribution in [0.15, 0.2) is 48.5 Å². The van der Waals surface area contributed by atoms with E-state index in [4.69, 9.17) is 21.3 Å². The van der Waals surface area contributed by atoms with Gasteiger partial charge in [-0.15, -0.1) is 0 Å². The summed E-state index contributed by atoms with van der Waals surface area (Å²) in [6.45, 7) is 4.71. The molecule has 214 valence electrons. The molecule has 0 bridgehead atoms. The number of anilines is 2. The molecule has 0 unspecified atom stereocenters. The largest absolute Gasteiger partial charge is 0.481 e. The lowest BCUT2D eigenvalue weighted by atomic mass is 9.90. The zero-order valence-electron chi connectivity index (χ0n) is 23.3. The summed E-state index contributed by atoms with van der Waals surface area (Å²) in [6, 6.07) is 13.9. The summed E-state index contributed by atoms with van der Waals surface area (Å²) in [4.78, 5) is 33.3. The second-order valence-electron chi connectivity index (χ2n) is 10.4. The monoisotopic (exact) mass is 579 g/mol. The Morgan fingerprint density at radius 1 is 1.17 bits per heavy atom. The van der Waals surface area contributed by atoms with Gasteiger partial charge in [0.05, 0.1) is 23.2 Å². The van der Waals surface area contributed by atoms with Gasteiger partial charge in [0.2, 0.25) is 0 Å². The molecule has 2 aromatic carbocycles. The first kappa shape index (κ1) is 28.5. The van der Waals surface area contributed by atoms with Gasteiger partial charge < -0.3 is 19.6 Å². The highest BCUT2D eigenvalue weighted by Gasteiger charge is 2.34. The summed E-state index contributed by atoms with van der Waals surface area (Å²) in [5.41, 5.74) is 4.89. The highest BCUT2D eigenvalue weighted by Crippen LogP contribution is 2.34. The quantitative estimate of drug-likeness (QED) is 0.307. The van der Waals surface area contributed by atoms with Crippen molar-refractivity contribution in [2.75, 3.05) is 32.1 Å². The van der Waals surface area contributed by atoms with Crippen LogP contribution in [-0.2, 0) is 9.53 Å². The number of carboxylic acids is 1. The minimum absolute atomic E-state index is 0.0109. The van der Waals surface area contributed by atoms with Crippen LogP contribution >= 0.6 is 11.6 Å². The summed E-state index contributed by atoms with van der Waals surface area (Å²) in [5.74, 6) is -1.23. The van der Waals surface area contributed by atoms with Crippen molar-refractivity contribution in [3.63, 3.8) is 0 Å². The molecule has 1 amide bonds. The number of aliphatic carboxylic acids is 1. The van der Waals surface area contributed by atoms with Gasteiger partial charge in [-0.05, 0) is 55.5 Å². The number of nitrogens with zero attached hydrogens (tertiary/aromatic N) is 5. The maximum Gasteiger partial charge on any atom is 0.303 e. The highest BCUT2D eigenvalue weighted by atomic mass is 35.5. The lowest BCUT2D eigenvalue weighted by molar-refractivity contribution is -0.140. The van der Waals surface area contributed by atoms with Crippen molar-refractivity contribution >= 4 is 40.6 Å². The average Bonchev–Trinajstić information content (AvgIpc) is 3.37. The molecular formula is C30H31ClFN5O4. The third-order valence-electron chi connectivity index (χ3n) is 7.68. The standard InChI is InChI=1S/C30H31ClFN5O4/c1-17-6-5-7-18(2)29(17)35(3)27-15-23(19-8-9-22(32)21(31)12-19)33-26-14-24(34-37(26)27)30(40)36-11-10-20(13-28(38)39)25(16-36)41-4/h5-9,12,14-15,20,25H,10-11,13,16H2,1-4H3,(H,38,39)/t20-,25-/m0/s1. The number of rotatable bonds is 7. The number of carboxylic acid groups (broad SMARTS) is 1. The molecule has 11 heteroatoms. The van der Waals surface area contributed by atoms with Gasteiger partial charge in [-0.2, -0.15) is 9.61 Å². The van der Waals surface area contributed by atoms with E-state index in [1.807, 2.05) is 50.1 Å². The van der Waals surface area contributed by atoms with Crippen LogP contribution < -0.4 is 4.90 Å². The SMILES string of the molecule is CO[C@H]1CN(C(=O)c2cc3nc(-c4ccc(F)c(Cl)c4)cc(N(C)c4c(C)cccc4C)n3n2)CC[C@H]1CC(=O)O. The van der Waals surface area contributed by atoms with E-state index in [1.165, 1.54) is 19.2 Å². The second-order valence-corrected chi connectivity index (χ2v) is 10.8. The molecule has 3 heterocycles. The smallest absolute Gasteiger partial charge is 0.303 e. The normalized spacial score (nSPS) is 17.2. The van der Waals surface area contributed by atoms with E-state index in [-0.39, 0.29) is 41.6 Å². The number of piperidine rings is 1. The van der Waals surface area contributed by atoms with E-state index in [9.17, 15) is 19.1 Å². The van der Waals surface area contributed by atoms with E-state index in [1.54, 1.807) is 21.5 Å². The van der Waals surface area contributed by atoms with Gasteiger partial charge in [0.25, 0.3) is 5.91 Å². The number of aryl methyl sites for hydroxylation is 2. The van der Waals surface area contributed by atoms with Gasteiger partial charge >= 0.3 is 5.97 Å². The Hall–Kier alpha value is -4.02. The summed E-state index contributed by atoms with van der Waals surface area (Å²) in [6.07, 6.45) is 0.112. The first-order valence-corrected chi connectivity index (χ1v) is 13.6. The highest BCUT2D eigenvalue weighted by molar-refractivity contribution is 6.31. The van der Waals surface area contributed by atoms with Crippen molar-refractivity contribution in [2.45, 2.75) is 32.8 Å². The molecule has 1 aliphatic rings. The third-order valence-corrected chi connectivity index (χ3v) is 7.97. The lowest BCUT2D eigenvalue weighted by Crippen LogP contribution is -2.48. The predicted octanol–water partition coefficient (Wildman–Crippen LogP) is 5.53. The van der Waals surface area contributed by atoms with Crippen LogP contribution in [0, 0.1) is 25.6 Å². The van der Waals surface area contributed by atoms with Gasteiger partial charge in [0.1, 0.15) is 11.6 Å². The molecule has 4 aromatic rings. The summed E-state index contributed by atoms with van der Waals surface area (Å²) < 4.78 is 21.1. The number of benzene rings is 2. The number of hydrogen-bond acceptors (Lipinski definition) is 6. The molecule has 1 fully saturated rings. The van der Waals surface area contributed by atoms with Crippen LogP contribution in [0.1, 0.15) is 34.5 Å². The molecule has 0 aliphatic carbocycles. The average molecular weight is 580 g/mol. The number of aromatic nitrogens is 3. The minimum atomic E-state index is -0.887. The number of likely N-dealkylation sites (tertiary alicyclic amines) is 1. The van der Waals surface area contributed by atoms with Gasteiger partial charge in [-0.25, -0.2) is 9.37 Å². The van der Waals surface area contributed by atoms with Crippen molar-refractivity contribution in [1.82, 2.24) is 19.5 Å². The number of amides is 1. The Balaban J connectivity index is 1.58. The molecule has 2 aromatic heterocycles. The van der Waals surface area contributed by atoms with Crippen LogP contribution in [0.4, 0.5) is 15.9 Å². The molecule has 9 nitrogen and oxygen atoms in total. The second kappa shape index (κ2) is 11.5. The summed E-state index contributed by atoms with van der Waals surface area (Å²) in [5, 5.41) is 13.9. The van der Waals surface area contributed by atoms with Gasteiger partial charge in [0.15, 0.2) is 11.3 Å². The van der Waals surface area contributed by atoms with Crippen LogP contribution in [0.5, 0.6) is 0 Å². The number of fused-ring (bicyclic) bond motifs is 1. The Bertz CT molecular complexity index is 1620. The minimum Gasteiger partial charge on any atom is -0.481 e. The fraction of sp³-hybridized carbons (Fsp3) is 0.333. The van der Waals surface area contributed by atoms with Crippen molar-refractivity contribution in [1.29, 1.82) is 0 Å². The van der Waals surface area contributed by atoms with Crippen LogP contribution in [0.25, 0.3) is 16.9 Å². The fourth-order valence-corrected chi connectivity index (χ4v) is 5.77. The van der Waals surface area contributed by atoms with E-state index in [2.05, 4.69) is 5.10 Å². The number of methoxy groups -OCH3 is 1. The summed E-state index contributed by atoms with van der Waals surface area (Å²) >= 11 is 6.09. The zero-order valence-corrected chi connectivity index (χ0v) is 24.0. The number of carbonyl (C=O) groups is 2. The van der Waals surface area contributed by atoms with Gasteiger partial charge in [-0.3, -0.25) is 9.59 Å². The Morgan fingerprint density at radius 2 is 1.90 bits per heavy atom. The molecule has 41 heavy (non-hydrogen) atoms.